The van der Waals surface area contributed by atoms with Gasteiger partial charge < -0.3 is 35.5 Å². The number of nitrogens with zero attached hydrogens (tertiary/aromatic N) is 2. The van der Waals surface area contributed by atoms with Gasteiger partial charge in [0.2, 0.25) is 23.6 Å². The van der Waals surface area contributed by atoms with E-state index in [0.717, 1.165) is 12.8 Å². The zero-order valence-electron chi connectivity index (χ0n) is 28.4. The first-order chi connectivity index (χ1) is 22.6. The third-order valence-corrected chi connectivity index (χ3v) is 9.75. The van der Waals surface area contributed by atoms with Gasteiger partial charge in [-0.1, -0.05) is 50.1 Å². The van der Waals surface area contributed by atoms with Crippen molar-refractivity contribution in [3.63, 3.8) is 0 Å². The van der Waals surface area contributed by atoms with Crippen molar-refractivity contribution in [2.24, 2.45) is 23.5 Å². The average Bonchev–Trinajstić information content (AvgIpc) is 3.55. The summed E-state index contributed by atoms with van der Waals surface area (Å²) in [6, 6.07) is 3.31. The van der Waals surface area contributed by atoms with Gasteiger partial charge in [-0.2, -0.15) is 0 Å². The number of halogens is 1. The average molecular weight is 684 g/mol. The number of aromatic nitrogens is 1. The third kappa shape index (κ3) is 7.48. The largest absolute Gasteiger partial charge is 0.494 e. The molecule has 12 nitrogen and oxygen atoms in total. The lowest BCUT2D eigenvalue weighted by Crippen LogP contribution is -2.58. The highest BCUT2D eigenvalue weighted by Crippen LogP contribution is 2.45. The number of primary amides is 1. The first-order valence-electron chi connectivity index (χ1n) is 16.5. The number of carbonyl (C=O) groups excluding carboxylic acids is 4. The Kier molecular flexibility index (Phi) is 10.1. The number of nitrogens with two attached hydrogens (primary N) is 1. The van der Waals surface area contributed by atoms with Gasteiger partial charge in [0, 0.05) is 23.1 Å². The number of rotatable bonds is 5. The number of alkyl carbamates (subject to hydrolysis) is 1. The number of fused-ring (bicyclic) bond motifs is 3. The molecule has 7 atom stereocenters. The van der Waals surface area contributed by atoms with Crippen LogP contribution in [0.4, 0.5) is 4.79 Å². The number of hydrogen-bond donors (Lipinski definition) is 3. The van der Waals surface area contributed by atoms with E-state index in [1.165, 1.54) is 18.2 Å². The van der Waals surface area contributed by atoms with Crippen LogP contribution in [0.5, 0.6) is 11.6 Å². The molecule has 1 aliphatic carbocycles. The van der Waals surface area contributed by atoms with Crippen LogP contribution in [-0.4, -0.2) is 76.7 Å². The zero-order valence-corrected chi connectivity index (χ0v) is 29.1. The highest BCUT2D eigenvalue weighted by Gasteiger charge is 2.60. The van der Waals surface area contributed by atoms with Gasteiger partial charge in [-0.3, -0.25) is 14.4 Å². The van der Waals surface area contributed by atoms with Crippen molar-refractivity contribution in [2.75, 3.05) is 13.7 Å². The molecule has 4 amide bonds. The van der Waals surface area contributed by atoms with Crippen LogP contribution in [0.15, 0.2) is 36.5 Å². The lowest BCUT2D eigenvalue weighted by Gasteiger charge is -2.32. The molecule has 1 saturated carbocycles. The van der Waals surface area contributed by atoms with Crippen molar-refractivity contribution in [3.05, 3.63) is 41.6 Å². The predicted octanol–water partition coefficient (Wildman–Crippen LogP) is 4.51. The third-order valence-electron chi connectivity index (χ3n) is 9.44. The first kappa shape index (κ1) is 35.3. The second-order valence-electron chi connectivity index (χ2n) is 14.3. The summed E-state index contributed by atoms with van der Waals surface area (Å²) in [5, 5.41) is 7.38. The van der Waals surface area contributed by atoms with Crippen molar-refractivity contribution >= 4 is 46.2 Å². The number of benzene rings is 1. The lowest BCUT2D eigenvalue weighted by atomic mass is 9.92. The summed E-state index contributed by atoms with van der Waals surface area (Å²) in [6.45, 7) is 9.25. The fourth-order valence-electron chi connectivity index (χ4n) is 6.71. The molecule has 2 fully saturated rings. The topological polar surface area (TPSA) is 162 Å². The van der Waals surface area contributed by atoms with Gasteiger partial charge in [-0.05, 0) is 64.0 Å². The molecular formula is C35H46ClN5O7. The Morgan fingerprint density at radius 2 is 1.92 bits per heavy atom. The number of amides is 4. The van der Waals surface area contributed by atoms with Gasteiger partial charge in [-0.15, -0.1) is 0 Å². The predicted molar refractivity (Wildman–Crippen MR) is 180 cm³/mol. The van der Waals surface area contributed by atoms with Crippen molar-refractivity contribution in [2.45, 2.75) is 96.1 Å². The molecule has 1 aromatic carbocycles. The molecule has 0 bridgehead atoms. The van der Waals surface area contributed by atoms with Crippen LogP contribution in [0.3, 0.4) is 0 Å². The summed E-state index contributed by atoms with van der Waals surface area (Å²) >= 11 is 6.51. The smallest absolute Gasteiger partial charge is 0.408 e. The zero-order chi connectivity index (χ0) is 35.0. The van der Waals surface area contributed by atoms with E-state index in [1.54, 1.807) is 39.0 Å². The SMILES string of the molecule is COc1cnc(O[C@@H]2C[C@H]3C(=O)N[C@]4(C(N)=O)C[C@H]4/C=C\[C@@H](C)CCC[C@@H](C)[C@H](NC(=O)OC(C)(C)C)C(=O)N3C2)c2cccc(Cl)c12. The Morgan fingerprint density at radius 1 is 1.17 bits per heavy atom. The minimum Gasteiger partial charge on any atom is -0.494 e. The molecule has 0 unspecified atom stereocenters. The van der Waals surface area contributed by atoms with Gasteiger partial charge in [-0.25, -0.2) is 9.78 Å². The molecule has 1 aromatic heterocycles. The highest BCUT2D eigenvalue weighted by molar-refractivity contribution is 6.36. The molecule has 0 radical (unpaired) electrons. The van der Waals surface area contributed by atoms with E-state index in [9.17, 15) is 19.2 Å². The maximum atomic E-state index is 14.5. The van der Waals surface area contributed by atoms with Gasteiger partial charge in [0.1, 0.15) is 35.1 Å². The molecular weight excluding hydrogens is 638 g/mol. The minimum absolute atomic E-state index is 0.0237. The van der Waals surface area contributed by atoms with Crippen LogP contribution in [0.1, 0.15) is 66.7 Å². The van der Waals surface area contributed by atoms with Gasteiger partial charge in [0.25, 0.3) is 0 Å². The van der Waals surface area contributed by atoms with E-state index in [1.807, 2.05) is 13.0 Å². The van der Waals surface area contributed by atoms with Crippen molar-refractivity contribution in [1.82, 2.24) is 20.5 Å². The van der Waals surface area contributed by atoms with Crippen LogP contribution < -0.4 is 25.8 Å². The first-order valence-corrected chi connectivity index (χ1v) is 16.9. The minimum atomic E-state index is -1.24. The van der Waals surface area contributed by atoms with Crippen molar-refractivity contribution in [1.29, 1.82) is 0 Å². The lowest BCUT2D eigenvalue weighted by molar-refractivity contribution is -0.142. The summed E-state index contributed by atoms with van der Waals surface area (Å²) in [5.74, 6) is -1.19. The molecule has 1 saturated heterocycles. The van der Waals surface area contributed by atoms with Gasteiger partial charge in [0.05, 0.1) is 24.9 Å². The van der Waals surface area contributed by atoms with Crippen LogP contribution in [0, 0.1) is 17.8 Å². The Balaban J connectivity index is 1.50. The molecule has 2 aromatic rings. The standard InChI is InChI=1S/C35H46ClN5O7/c1-19-9-7-10-20(2)28(39-33(45)48-34(3,4)5)31(43)41-18-22(15-25(41)29(42)40-35(32(37)44)16-21(35)14-13-19)47-30-23-11-8-12-24(36)27(23)26(46-6)17-38-30/h8,11-14,17,19-22,25,28H,7,9-10,15-16,18H2,1-6H3,(H2,37,44)(H,39,45)(H,40,42)/b14-13-/t19-,20+,21+,22+,25-,28-,35+/m0/s1. The van der Waals surface area contributed by atoms with Crippen LogP contribution in [0.25, 0.3) is 10.8 Å². The molecule has 3 aliphatic rings. The summed E-state index contributed by atoms with van der Waals surface area (Å²) in [6.07, 6.45) is 6.89. The van der Waals surface area contributed by atoms with Crippen LogP contribution in [0.2, 0.25) is 5.02 Å². The summed E-state index contributed by atoms with van der Waals surface area (Å²) in [5.41, 5.74) is 3.82. The Hall–Kier alpha value is -4.06. The fraction of sp³-hybridized carbons (Fsp3) is 0.571. The Bertz CT molecular complexity index is 1610. The molecule has 0 spiro atoms. The maximum absolute atomic E-state index is 14.5. The number of hydrogen-bond acceptors (Lipinski definition) is 8. The number of nitrogens with one attached hydrogen (secondary N) is 2. The van der Waals surface area contributed by atoms with E-state index in [2.05, 4.69) is 28.6 Å². The summed E-state index contributed by atoms with van der Waals surface area (Å²) < 4.78 is 17.4. The molecule has 13 heteroatoms. The van der Waals surface area contributed by atoms with E-state index in [0.29, 0.717) is 34.4 Å². The number of carbonyl (C=O) groups is 4. The molecule has 4 N–H and O–H groups in total. The monoisotopic (exact) mass is 683 g/mol. The highest BCUT2D eigenvalue weighted by atomic mass is 35.5. The molecule has 48 heavy (non-hydrogen) atoms. The van der Waals surface area contributed by atoms with Gasteiger partial charge >= 0.3 is 6.09 Å². The number of allylic oxidation sites excluding steroid dienone is 1. The van der Waals surface area contributed by atoms with Crippen molar-refractivity contribution in [3.8, 4) is 11.6 Å². The number of methoxy groups -OCH3 is 1. The van der Waals surface area contributed by atoms with Crippen LogP contribution in [-0.2, 0) is 19.1 Å². The van der Waals surface area contributed by atoms with E-state index >= 15 is 0 Å². The van der Waals surface area contributed by atoms with Crippen LogP contribution >= 0.6 is 11.6 Å². The normalized spacial score (nSPS) is 30.2. The molecule has 2 aliphatic heterocycles. The van der Waals surface area contributed by atoms with E-state index in [-0.39, 0.29) is 36.6 Å². The molecule has 5 rings (SSSR count). The molecule has 260 valence electrons. The van der Waals surface area contributed by atoms with Gasteiger partial charge in [0.15, 0.2) is 0 Å². The Labute approximate surface area is 286 Å². The fourth-order valence-corrected chi connectivity index (χ4v) is 6.97. The number of pyridine rings is 1. The summed E-state index contributed by atoms with van der Waals surface area (Å²) in [7, 11) is 1.52. The van der Waals surface area contributed by atoms with Crippen molar-refractivity contribution < 1.29 is 33.4 Å². The second kappa shape index (κ2) is 13.8. The maximum Gasteiger partial charge on any atom is 0.408 e. The number of ether oxygens (including phenoxy) is 3. The quantitative estimate of drug-likeness (QED) is 0.388. The second-order valence-corrected chi connectivity index (χ2v) is 14.7. The Morgan fingerprint density at radius 3 is 2.60 bits per heavy atom. The molecule has 3 heterocycles. The van der Waals surface area contributed by atoms with E-state index < -0.39 is 53.1 Å². The summed E-state index contributed by atoms with van der Waals surface area (Å²) in [4.78, 5) is 60.2. The van der Waals surface area contributed by atoms with E-state index in [4.69, 9.17) is 31.5 Å².